The summed E-state index contributed by atoms with van der Waals surface area (Å²) in [6, 6.07) is 4.44. The van der Waals surface area contributed by atoms with Crippen LogP contribution in [-0.2, 0) is 0 Å². The van der Waals surface area contributed by atoms with Crippen LogP contribution < -0.4 is 0 Å². The Labute approximate surface area is 102 Å². The van der Waals surface area contributed by atoms with E-state index in [0.29, 0.717) is 5.56 Å². The molecule has 0 fully saturated rings. The first kappa shape index (κ1) is 11.7. The molecule has 0 unspecified atom stereocenters. The number of carbonyl (C=O) groups is 2. The van der Waals surface area contributed by atoms with Crippen LogP contribution in [0, 0.1) is 0 Å². The number of carboxylic acid groups (broad SMARTS) is 2. The van der Waals surface area contributed by atoms with Crippen LogP contribution in [0.25, 0.3) is 11.1 Å². The smallest absolute Gasteiger partial charge is 0.355 e. The van der Waals surface area contributed by atoms with Gasteiger partial charge in [0.25, 0.3) is 0 Å². The maximum Gasteiger partial charge on any atom is 0.355 e. The third-order valence-corrected chi connectivity index (χ3v) is 2.33. The molecule has 0 radical (unpaired) electrons. The van der Waals surface area contributed by atoms with Gasteiger partial charge in [0.05, 0.1) is 5.56 Å². The van der Waals surface area contributed by atoms with Gasteiger partial charge in [0.2, 0.25) is 0 Å². The van der Waals surface area contributed by atoms with Gasteiger partial charge < -0.3 is 10.2 Å². The molecule has 0 aliphatic rings. The van der Waals surface area contributed by atoms with E-state index in [-0.39, 0.29) is 16.8 Å². The van der Waals surface area contributed by atoms with E-state index in [1.165, 1.54) is 18.5 Å². The average molecular weight is 244 g/mol. The molecule has 2 aromatic heterocycles. The summed E-state index contributed by atoms with van der Waals surface area (Å²) in [7, 11) is 0. The van der Waals surface area contributed by atoms with Crippen molar-refractivity contribution in [1.82, 2.24) is 9.97 Å². The first-order valence-electron chi connectivity index (χ1n) is 4.97. The minimum Gasteiger partial charge on any atom is -0.478 e. The highest BCUT2D eigenvalue weighted by atomic mass is 16.4. The molecule has 2 heterocycles. The second kappa shape index (κ2) is 4.62. The minimum atomic E-state index is -1.28. The van der Waals surface area contributed by atoms with Gasteiger partial charge in [-0.15, -0.1) is 0 Å². The predicted molar refractivity (Wildman–Crippen MR) is 61.4 cm³/mol. The molecular formula is C12H8N2O4. The SMILES string of the molecule is O=C(O)c1ccnc(C(=O)O)c1-c1cccnc1. The Balaban J connectivity index is 2.77. The number of pyridine rings is 2. The molecule has 2 N–H and O–H groups in total. The molecule has 6 nitrogen and oxygen atoms in total. The topological polar surface area (TPSA) is 100 Å². The molecule has 2 aromatic rings. The molecule has 0 saturated carbocycles. The quantitative estimate of drug-likeness (QED) is 0.849. The molecule has 0 aliphatic carbocycles. The zero-order valence-electron chi connectivity index (χ0n) is 9.07. The van der Waals surface area contributed by atoms with E-state index in [1.54, 1.807) is 12.1 Å². The average Bonchev–Trinajstić information content (AvgIpc) is 2.38. The van der Waals surface area contributed by atoms with E-state index in [2.05, 4.69) is 9.97 Å². The molecule has 0 spiro atoms. The fraction of sp³-hybridized carbons (Fsp3) is 0. The first-order chi connectivity index (χ1) is 8.61. The van der Waals surface area contributed by atoms with E-state index in [0.717, 1.165) is 6.20 Å². The Morgan fingerprint density at radius 2 is 1.83 bits per heavy atom. The van der Waals surface area contributed by atoms with Gasteiger partial charge in [-0.2, -0.15) is 0 Å². The summed E-state index contributed by atoms with van der Waals surface area (Å²) in [5, 5.41) is 18.1. The maximum atomic E-state index is 11.1. The van der Waals surface area contributed by atoms with Crippen LogP contribution in [0.15, 0.2) is 36.8 Å². The summed E-state index contributed by atoms with van der Waals surface area (Å²) < 4.78 is 0. The van der Waals surface area contributed by atoms with Gasteiger partial charge in [0.1, 0.15) is 0 Å². The highest BCUT2D eigenvalue weighted by Gasteiger charge is 2.20. The second-order valence-electron chi connectivity index (χ2n) is 3.43. The van der Waals surface area contributed by atoms with Gasteiger partial charge in [-0.1, -0.05) is 6.07 Å². The first-order valence-corrected chi connectivity index (χ1v) is 4.97. The van der Waals surface area contributed by atoms with Crippen LogP contribution in [-0.4, -0.2) is 32.1 Å². The van der Waals surface area contributed by atoms with Crippen molar-refractivity contribution in [2.24, 2.45) is 0 Å². The summed E-state index contributed by atoms with van der Waals surface area (Å²) in [5.74, 6) is -2.49. The largest absolute Gasteiger partial charge is 0.478 e. The Morgan fingerprint density at radius 3 is 2.39 bits per heavy atom. The van der Waals surface area contributed by atoms with Crippen LogP contribution in [0.5, 0.6) is 0 Å². The Kier molecular flexibility index (Phi) is 3.01. The van der Waals surface area contributed by atoms with Crippen molar-refractivity contribution in [1.29, 1.82) is 0 Å². The lowest BCUT2D eigenvalue weighted by Crippen LogP contribution is -2.09. The van der Waals surface area contributed by atoms with Gasteiger partial charge in [0.15, 0.2) is 5.69 Å². The van der Waals surface area contributed by atoms with Crippen LogP contribution in [0.4, 0.5) is 0 Å². The molecule has 0 bridgehead atoms. The monoisotopic (exact) mass is 244 g/mol. The predicted octanol–water partition coefficient (Wildman–Crippen LogP) is 1.54. The second-order valence-corrected chi connectivity index (χ2v) is 3.43. The number of aromatic carboxylic acids is 2. The van der Waals surface area contributed by atoms with E-state index < -0.39 is 11.9 Å². The van der Waals surface area contributed by atoms with Crippen molar-refractivity contribution in [2.75, 3.05) is 0 Å². The number of rotatable bonds is 3. The summed E-state index contributed by atoms with van der Waals surface area (Å²) in [6.45, 7) is 0. The standard InChI is InChI=1S/C12H8N2O4/c15-11(16)8-3-5-14-10(12(17)18)9(8)7-2-1-4-13-6-7/h1-6H,(H,15,16)(H,17,18). The van der Waals surface area contributed by atoms with Crippen LogP contribution in [0.1, 0.15) is 20.8 Å². The molecule has 18 heavy (non-hydrogen) atoms. The molecule has 90 valence electrons. The Morgan fingerprint density at radius 1 is 1.06 bits per heavy atom. The molecule has 6 heteroatoms. The molecule has 0 saturated heterocycles. The van der Waals surface area contributed by atoms with Gasteiger partial charge >= 0.3 is 11.9 Å². The molecule has 0 amide bonds. The lowest BCUT2D eigenvalue weighted by atomic mass is 10.00. The zero-order chi connectivity index (χ0) is 13.1. The summed E-state index contributed by atoms with van der Waals surface area (Å²) in [6.07, 6.45) is 4.07. The van der Waals surface area contributed by atoms with Gasteiger partial charge in [-0.05, 0) is 12.1 Å². The molecule has 0 aromatic carbocycles. The summed E-state index contributed by atoms with van der Waals surface area (Å²) in [4.78, 5) is 29.8. The molecule has 0 atom stereocenters. The minimum absolute atomic E-state index is 0.0607. The van der Waals surface area contributed by atoms with Crippen molar-refractivity contribution in [3.05, 3.63) is 48.0 Å². The van der Waals surface area contributed by atoms with Crippen molar-refractivity contribution in [2.45, 2.75) is 0 Å². The van der Waals surface area contributed by atoms with Crippen molar-refractivity contribution < 1.29 is 19.8 Å². The third-order valence-electron chi connectivity index (χ3n) is 2.33. The van der Waals surface area contributed by atoms with Crippen LogP contribution in [0.3, 0.4) is 0 Å². The highest BCUT2D eigenvalue weighted by Crippen LogP contribution is 2.25. The lowest BCUT2D eigenvalue weighted by Gasteiger charge is -2.08. The van der Waals surface area contributed by atoms with Crippen molar-refractivity contribution in [3.63, 3.8) is 0 Å². The Bertz CT molecular complexity index is 578. The van der Waals surface area contributed by atoms with Gasteiger partial charge in [-0.3, -0.25) is 4.98 Å². The number of hydrogen-bond acceptors (Lipinski definition) is 4. The van der Waals surface area contributed by atoms with Crippen molar-refractivity contribution >= 4 is 11.9 Å². The molecular weight excluding hydrogens is 236 g/mol. The van der Waals surface area contributed by atoms with E-state index in [1.807, 2.05) is 0 Å². The van der Waals surface area contributed by atoms with Gasteiger partial charge in [-0.25, -0.2) is 14.6 Å². The van der Waals surface area contributed by atoms with E-state index >= 15 is 0 Å². The van der Waals surface area contributed by atoms with E-state index in [9.17, 15) is 9.59 Å². The maximum absolute atomic E-state index is 11.1. The van der Waals surface area contributed by atoms with Crippen LogP contribution in [0.2, 0.25) is 0 Å². The molecule has 2 rings (SSSR count). The normalized spacial score (nSPS) is 10.0. The van der Waals surface area contributed by atoms with Gasteiger partial charge in [0, 0.05) is 29.7 Å². The fourth-order valence-corrected chi connectivity index (χ4v) is 1.61. The number of carboxylic acids is 2. The number of hydrogen-bond donors (Lipinski definition) is 2. The lowest BCUT2D eigenvalue weighted by molar-refractivity contribution is 0.0691. The van der Waals surface area contributed by atoms with Crippen molar-refractivity contribution in [3.8, 4) is 11.1 Å². The summed E-state index contributed by atoms with van der Waals surface area (Å²) >= 11 is 0. The number of nitrogens with zero attached hydrogens (tertiary/aromatic N) is 2. The Hall–Kier alpha value is -2.76. The number of aromatic nitrogens is 2. The highest BCUT2D eigenvalue weighted by molar-refractivity contribution is 6.03. The van der Waals surface area contributed by atoms with Crippen LogP contribution >= 0.6 is 0 Å². The fourth-order valence-electron chi connectivity index (χ4n) is 1.61. The van der Waals surface area contributed by atoms with E-state index in [4.69, 9.17) is 10.2 Å². The summed E-state index contributed by atoms with van der Waals surface area (Å²) in [5.41, 5.74) is 0.0456. The third kappa shape index (κ3) is 2.03. The molecule has 0 aliphatic heterocycles. The zero-order valence-corrected chi connectivity index (χ0v) is 9.07.